The number of alkyl halides is 2. The molecule has 26 heavy (non-hydrogen) atoms. The average molecular weight is 381 g/mol. The zero-order valence-electron chi connectivity index (χ0n) is 14.1. The second-order valence-electron chi connectivity index (χ2n) is 6.26. The molecule has 1 saturated heterocycles. The maximum Gasteiger partial charge on any atom is 0.586 e. The first kappa shape index (κ1) is 17.2. The molecule has 2 aliphatic heterocycles. The first-order valence-corrected chi connectivity index (χ1v) is 9.10. The smallest absolute Gasteiger partial charge is 0.395 e. The molecule has 0 bridgehead atoms. The first-order chi connectivity index (χ1) is 12.4. The van der Waals surface area contributed by atoms with Gasteiger partial charge in [0.1, 0.15) is 0 Å². The van der Waals surface area contributed by atoms with Gasteiger partial charge in [0.15, 0.2) is 16.3 Å². The molecule has 9 heteroatoms. The molecule has 0 spiro atoms. The van der Waals surface area contributed by atoms with Gasteiger partial charge in [0.05, 0.1) is 5.69 Å². The van der Waals surface area contributed by atoms with Gasteiger partial charge in [0, 0.05) is 30.6 Å². The van der Waals surface area contributed by atoms with Crippen molar-refractivity contribution < 1.29 is 23.0 Å². The van der Waals surface area contributed by atoms with E-state index in [9.17, 15) is 13.6 Å². The molecule has 1 fully saturated rings. The van der Waals surface area contributed by atoms with Crippen molar-refractivity contribution in [2.45, 2.75) is 32.6 Å². The summed E-state index contributed by atoms with van der Waals surface area (Å²) in [4.78, 5) is 19.4. The summed E-state index contributed by atoms with van der Waals surface area (Å²) in [5.74, 6) is -0.376. The summed E-state index contributed by atoms with van der Waals surface area (Å²) in [6.45, 7) is 4.26. The second kappa shape index (κ2) is 6.48. The summed E-state index contributed by atoms with van der Waals surface area (Å²) in [6.07, 6.45) is 0.604. The van der Waals surface area contributed by atoms with Crippen LogP contribution in [-0.2, 0) is 11.3 Å². The van der Waals surface area contributed by atoms with Gasteiger partial charge in [-0.2, -0.15) is 4.99 Å². The van der Waals surface area contributed by atoms with Crippen LogP contribution >= 0.6 is 11.3 Å². The highest BCUT2D eigenvalue weighted by Gasteiger charge is 2.43. The molecule has 0 atom stereocenters. The Balaban J connectivity index is 1.71. The van der Waals surface area contributed by atoms with Crippen LogP contribution in [-0.4, -0.2) is 34.8 Å². The highest BCUT2D eigenvalue weighted by Crippen LogP contribution is 2.41. The van der Waals surface area contributed by atoms with Gasteiger partial charge in [-0.15, -0.1) is 8.78 Å². The summed E-state index contributed by atoms with van der Waals surface area (Å²) in [6, 6.07) is 4.52. The third-order valence-electron chi connectivity index (χ3n) is 4.20. The monoisotopic (exact) mass is 381 g/mol. The van der Waals surface area contributed by atoms with Crippen LogP contribution in [0.15, 0.2) is 29.4 Å². The maximum absolute atomic E-state index is 13.2. The van der Waals surface area contributed by atoms with Gasteiger partial charge in [-0.1, -0.05) is 11.3 Å². The van der Waals surface area contributed by atoms with Crippen LogP contribution in [0.4, 0.5) is 8.78 Å². The van der Waals surface area contributed by atoms with Crippen molar-refractivity contribution in [3.05, 3.63) is 34.1 Å². The standard InChI is InChI=1S/C17H17F2N3O3S/c1-11(23)20-16-22(10-13(26-16)9-21-6-2-3-7-21)12-4-5-14-15(8-12)25-17(18,19)24-14/h4-5,8,10H,2-3,6-7,9H2,1H3/b20-16-. The van der Waals surface area contributed by atoms with Crippen LogP contribution in [0.25, 0.3) is 5.69 Å². The molecule has 0 unspecified atom stereocenters. The molecule has 0 aliphatic carbocycles. The Morgan fingerprint density at radius 3 is 2.73 bits per heavy atom. The summed E-state index contributed by atoms with van der Waals surface area (Å²) < 4.78 is 37.1. The second-order valence-corrected chi connectivity index (χ2v) is 7.36. The van der Waals surface area contributed by atoms with Gasteiger partial charge in [-0.25, -0.2) is 0 Å². The number of carbonyl (C=O) groups is 1. The number of ether oxygens (including phenoxy) is 2. The summed E-state index contributed by atoms with van der Waals surface area (Å²) >= 11 is 1.42. The van der Waals surface area contributed by atoms with Gasteiger partial charge < -0.3 is 9.47 Å². The zero-order valence-corrected chi connectivity index (χ0v) is 14.9. The predicted octanol–water partition coefficient (Wildman–Crippen LogP) is 2.90. The summed E-state index contributed by atoms with van der Waals surface area (Å²) in [5, 5.41) is 0. The van der Waals surface area contributed by atoms with E-state index >= 15 is 0 Å². The first-order valence-electron chi connectivity index (χ1n) is 8.29. The van der Waals surface area contributed by atoms with Crippen molar-refractivity contribution in [1.29, 1.82) is 0 Å². The fraction of sp³-hybridized carbons (Fsp3) is 0.412. The van der Waals surface area contributed by atoms with Gasteiger partial charge in [0.25, 0.3) is 0 Å². The number of thiazole rings is 1. The van der Waals surface area contributed by atoms with Gasteiger partial charge >= 0.3 is 6.29 Å². The quantitative estimate of drug-likeness (QED) is 0.820. The molecule has 4 rings (SSSR count). The maximum atomic E-state index is 13.2. The summed E-state index contributed by atoms with van der Waals surface area (Å²) in [5.41, 5.74) is 0.578. The highest BCUT2D eigenvalue weighted by atomic mass is 32.1. The lowest BCUT2D eigenvalue weighted by atomic mass is 10.3. The minimum Gasteiger partial charge on any atom is -0.395 e. The van der Waals surface area contributed by atoms with Crippen molar-refractivity contribution >= 4 is 17.2 Å². The molecule has 138 valence electrons. The number of amides is 1. The Labute approximate surface area is 152 Å². The lowest BCUT2D eigenvalue weighted by Gasteiger charge is -2.12. The Bertz CT molecular complexity index is 916. The lowest BCUT2D eigenvalue weighted by Crippen LogP contribution is -2.25. The Kier molecular flexibility index (Phi) is 4.28. The van der Waals surface area contributed by atoms with E-state index in [4.69, 9.17) is 0 Å². The van der Waals surface area contributed by atoms with Crippen molar-refractivity contribution in [2.24, 2.45) is 4.99 Å². The Hall–Kier alpha value is -2.26. The number of carbonyl (C=O) groups excluding carboxylic acids is 1. The number of likely N-dealkylation sites (tertiary alicyclic amines) is 1. The number of aromatic nitrogens is 1. The van der Waals surface area contributed by atoms with Gasteiger partial charge in [-0.05, 0) is 38.1 Å². The topological polar surface area (TPSA) is 56.1 Å². The SMILES string of the molecule is CC(=O)/N=c1\sc(CN2CCCC2)cn1-c1ccc2c(c1)OC(F)(F)O2. The number of fused-ring (bicyclic) bond motifs is 1. The fourth-order valence-corrected chi connectivity index (χ4v) is 4.18. The number of hydrogen-bond acceptors (Lipinski definition) is 5. The van der Waals surface area contributed by atoms with E-state index in [0.29, 0.717) is 10.5 Å². The average Bonchev–Trinajstić information content (AvgIpc) is 3.24. The molecule has 0 N–H and O–H groups in total. The minimum atomic E-state index is -3.66. The van der Waals surface area contributed by atoms with E-state index in [-0.39, 0.29) is 17.4 Å². The van der Waals surface area contributed by atoms with Crippen LogP contribution < -0.4 is 14.3 Å². The molecule has 0 saturated carbocycles. The zero-order chi connectivity index (χ0) is 18.3. The molecule has 2 aliphatic rings. The van der Waals surface area contributed by atoms with Crippen LogP contribution in [0.1, 0.15) is 24.6 Å². The minimum absolute atomic E-state index is 0.0167. The van der Waals surface area contributed by atoms with Crippen LogP contribution in [0, 0.1) is 0 Å². The number of benzene rings is 1. The van der Waals surface area contributed by atoms with Gasteiger partial charge in [-0.3, -0.25) is 14.3 Å². The number of halogens is 2. The van der Waals surface area contributed by atoms with Crippen molar-refractivity contribution in [1.82, 2.24) is 9.47 Å². The van der Waals surface area contributed by atoms with Crippen LogP contribution in [0.3, 0.4) is 0 Å². The molecule has 1 aromatic carbocycles. The van der Waals surface area contributed by atoms with E-state index in [1.165, 1.54) is 43.2 Å². The fourth-order valence-electron chi connectivity index (χ4n) is 3.11. The third kappa shape index (κ3) is 3.49. The number of hydrogen-bond donors (Lipinski definition) is 0. The Morgan fingerprint density at radius 2 is 2.00 bits per heavy atom. The largest absolute Gasteiger partial charge is 0.586 e. The molecular weight excluding hydrogens is 364 g/mol. The molecule has 0 radical (unpaired) electrons. The highest BCUT2D eigenvalue weighted by molar-refractivity contribution is 7.09. The lowest BCUT2D eigenvalue weighted by molar-refractivity contribution is -0.286. The summed E-state index contributed by atoms with van der Waals surface area (Å²) in [7, 11) is 0. The van der Waals surface area contributed by atoms with E-state index in [0.717, 1.165) is 24.5 Å². The van der Waals surface area contributed by atoms with Crippen molar-refractivity contribution in [3.63, 3.8) is 0 Å². The molecule has 2 aromatic rings. The van der Waals surface area contributed by atoms with Crippen LogP contribution in [0.2, 0.25) is 0 Å². The normalized spacial score (nSPS) is 19.3. The van der Waals surface area contributed by atoms with Crippen molar-refractivity contribution in [3.8, 4) is 17.2 Å². The Morgan fingerprint density at radius 1 is 1.27 bits per heavy atom. The number of nitrogens with zero attached hydrogens (tertiary/aromatic N) is 3. The molecule has 3 heterocycles. The third-order valence-corrected chi connectivity index (χ3v) is 5.16. The number of rotatable bonds is 3. The molecule has 1 amide bonds. The van der Waals surface area contributed by atoms with Gasteiger partial charge in [0.2, 0.25) is 5.91 Å². The van der Waals surface area contributed by atoms with E-state index < -0.39 is 6.29 Å². The van der Waals surface area contributed by atoms with Crippen molar-refractivity contribution in [2.75, 3.05) is 13.1 Å². The van der Waals surface area contributed by atoms with E-state index in [1.807, 2.05) is 6.20 Å². The van der Waals surface area contributed by atoms with E-state index in [1.54, 1.807) is 10.6 Å². The van der Waals surface area contributed by atoms with E-state index in [2.05, 4.69) is 19.4 Å². The predicted molar refractivity (Wildman–Crippen MR) is 90.6 cm³/mol. The van der Waals surface area contributed by atoms with Crippen LogP contribution in [0.5, 0.6) is 11.5 Å². The molecular formula is C17H17F2N3O3S. The molecule has 6 nitrogen and oxygen atoms in total. The molecule has 1 aromatic heterocycles.